The second kappa shape index (κ2) is 11.5. The number of ether oxygens (including phenoxy) is 4. The summed E-state index contributed by atoms with van der Waals surface area (Å²) in [5.74, 6) is -0.494. The molecule has 3 aliphatic rings. The molecule has 1 unspecified atom stereocenters. The van der Waals surface area contributed by atoms with Crippen LogP contribution in [0.3, 0.4) is 0 Å². The van der Waals surface area contributed by atoms with Crippen molar-refractivity contribution in [2.24, 2.45) is 11.8 Å². The van der Waals surface area contributed by atoms with Crippen LogP contribution in [0.4, 0.5) is 4.79 Å². The summed E-state index contributed by atoms with van der Waals surface area (Å²) in [4.78, 5) is 38.0. The summed E-state index contributed by atoms with van der Waals surface area (Å²) in [6, 6.07) is 7.12. The summed E-state index contributed by atoms with van der Waals surface area (Å²) in [7, 11) is 1.62. The van der Waals surface area contributed by atoms with Gasteiger partial charge in [-0.3, -0.25) is 14.9 Å². The van der Waals surface area contributed by atoms with Gasteiger partial charge in [0.2, 0.25) is 5.91 Å². The van der Waals surface area contributed by atoms with Gasteiger partial charge in [0.05, 0.1) is 24.4 Å². The zero-order valence-corrected chi connectivity index (χ0v) is 23.9. The lowest BCUT2D eigenvalue weighted by atomic mass is 9.68. The number of allylic oxidation sites excluding steroid dienone is 1. The lowest BCUT2D eigenvalue weighted by Gasteiger charge is -2.42. The fraction of sp³-hybridized carbons (Fsp3) is 0.621. The third-order valence-corrected chi connectivity index (χ3v) is 8.78. The normalized spacial score (nSPS) is 31.6. The van der Waals surface area contributed by atoms with Crippen LogP contribution in [0.2, 0.25) is 0 Å². The molecule has 0 aromatic heterocycles. The van der Waals surface area contributed by atoms with Crippen LogP contribution in [-0.2, 0) is 23.7 Å². The van der Waals surface area contributed by atoms with Crippen LogP contribution in [0.15, 0.2) is 40.8 Å². The Labute approximate surface area is 229 Å². The van der Waals surface area contributed by atoms with Crippen molar-refractivity contribution >= 4 is 29.5 Å². The number of ketones is 1. The van der Waals surface area contributed by atoms with E-state index in [1.165, 1.54) is 17.3 Å². The quantitative estimate of drug-likeness (QED) is 0.191. The molecule has 1 aromatic rings. The number of thioether (sulfide) groups is 1. The molecule has 2 amide bonds. The van der Waals surface area contributed by atoms with Crippen molar-refractivity contribution in [3.63, 3.8) is 0 Å². The largest absolute Gasteiger partial charge is 0.443 e. The van der Waals surface area contributed by atoms with Crippen molar-refractivity contribution in [3.8, 4) is 0 Å². The SMILES string of the molecule is CO[C@H]1[C@H](C2(C)O[C@@H]2CC=C(C)C)[C@]2(CC[C@H]1OC(=O)NC(=O)CSc1ccc(C(=O)C(C)C)cc1)CO2. The maximum atomic E-state index is 12.6. The van der Waals surface area contributed by atoms with Crippen LogP contribution >= 0.6 is 11.8 Å². The number of carbonyl (C=O) groups excluding carboxylic acids is 3. The van der Waals surface area contributed by atoms with Gasteiger partial charge in [0.1, 0.15) is 23.4 Å². The standard InChI is InChI=1S/C29H39NO7S/c1-17(2)7-12-22-28(5,37-22)26-25(34-6)21(13-14-29(26)16-35-29)36-27(33)30-23(31)15-38-20-10-8-19(9-11-20)24(32)18(3)4/h7-11,18,21-22,25-26H,12-16H2,1-6H3,(H,30,31,33)/t21-,22-,25-,26-,28?,29+/m1/s1. The summed E-state index contributed by atoms with van der Waals surface area (Å²) in [6.45, 7) is 10.6. The minimum atomic E-state index is -0.782. The number of alkyl carbamates (subject to hydrolysis) is 1. The third kappa shape index (κ3) is 6.33. The van der Waals surface area contributed by atoms with Crippen LogP contribution in [0.25, 0.3) is 0 Å². The van der Waals surface area contributed by atoms with E-state index < -0.39 is 29.8 Å². The maximum absolute atomic E-state index is 12.6. The van der Waals surface area contributed by atoms with Crippen molar-refractivity contribution in [1.29, 1.82) is 0 Å². The molecule has 2 saturated heterocycles. The lowest BCUT2D eigenvalue weighted by molar-refractivity contribution is -0.124. The van der Waals surface area contributed by atoms with Crippen molar-refractivity contribution in [2.75, 3.05) is 19.5 Å². The highest BCUT2D eigenvalue weighted by Gasteiger charge is 2.72. The van der Waals surface area contributed by atoms with E-state index in [4.69, 9.17) is 18.9 Å². The van der Waals surface area contributed by atoms with Crippen molar-refractivity contribution < 1.29 is 33.3 Å². The summed E-state index contributed by atoms with van der Waals surface area (Å²) >= 11 is 1.28. The van der Waals surface area contributed by atoms with E-state index >= 15 is 0 Å². The molecular formula is C29H39NO7S. The number of hydrogen-bond acceptors (Lipinski definition) is 8. The third-order valence-electron chi connectivity index (χ3n) is 7.77. The second-order valence-corrected chi connectivity index (χ2v) is 12.3. The number of amides is 2. The smallest absolute Gasteiger partial charge is 0.414 e. The Balaban J connectivity index is 1.31. The van der Waals surface area contributed by atoms with Crippen LogP contribution in [0.1, 0.15) is 64.2 Å². The molecule has 4 rings (SSSR count). The molecule has 9 heteroatoms. The summed E-state index contributed by atoms with van der Waals surface area (Å²) in [6.07, 6.45) is 2.67. The number of methoxy groups -OCH3 is 1. The van der Waals surface area contributed by atoms with Gasteiger partial charge in [-0.25, -0.2) is 4.79 Å². The van der Waals surface area contributed by atoms with Crippen LogP contribution in [-0.4, -0.2) is 66.8 Å². The Kier molecular flexibility index (Phi) is 8.71. The first-order chi connectivity index (χ1) is 18.0. The van der Waals surface area contributed by atoms with Gasteiger partial charge < -0.3 is 18.9 Å². The van der Waals surface area contributed by atoms with E-state index in [0.717, 1.165) is 17.7 Å². The summed E-state index contributed by atoms with van der Waals surface area (Å²) in [5, 5.41) is 2.33. The first kappa shape index (κ1) is 28.8. The van der Waals surface area contributed by atoms with Gasteiger partial charge in [0.15, 0.2) is 5.78 Å². The average molecular weight is 546 g/mol. The maximum Gasteiger partial charge on any atom is 0.414 e. The number of hydrogen-bond donors (Lipinski definition) is 1. The van der Waals surface area contributed by atoms with Gasteiger partial charge in [0.25, 0.3) is 0 Å². The number of rotatable bonds is 10. The molecule has 0 bridgehead atoms. The Morgan fingerprint density at radius 1 is 1.21 bits per heavy atom. The average Bonchev–Trinajstić information content (AvgIpc) is 3.79. The summed E-state index contributed by atoms with van der Waals surface area (Å²) < 4.78 is 23.7. The number of imide groups is 1. The Hall–Kier alpha value is -2.20. The number of Topliss-reactive ketones (excluding diaryl/α,β-unsaturated/α-hetero) is 1. The molecule has 1 spiro atoms. The van der Waals surface area contributed by atoms with E-state index in [0.29, 0.717) is 18.6 Å². The first-order valence-corrected chi connectivity index (χ1v) is 14.2. The molecule has 1 aromatic carbocycles. The number of epoxide rings is 2. The Morgan fingerprint density at radius 3 is 2.47 bits per heavy atom. The molecule has 1 N–H and O–H groups in total. The molecule has 1 saturated carbocycles. The Morgan fingerprint density at radius 2 is 1.89 bits per heavy atom. The summed E-state index contributed by atoms with van der Waals surface area (Å²) in [5.41, 5.74) is 1.14. The molecule has 8 nitrogen and oxygen atoms in total. The van der Waals surface area contributed by atoms with E-state index in [1.807, 2.05) is 13.8 Å². The minimum Gasteiger partial charge on any atom is -0.443 e. The van der Waals surface area contributed by atoms with Gasteiger partial charge in [-0.05, 0) is 52.2 Å². The zero-order valence-electron chi connectivity index (χ0n) is 23.1. The predicted octanol–water partition coefficient (Wildman–Crippen LogP) is 4.95. The molecule has 2 heterocycles. The minimum absolute atomic E-state index is 0.0441. The molecular weight excluding hydrogens is 506 g/mol. The highest BCUT2D eigenvalue weighted by molar-refractivity contribution is 8.00. The number of benzene rings is 1. The molecule has 1 aliphatic carbocycles. The van der Waals surface area contributed by atoms with Crippen LogP contribution in [0, 0.1) is 11.8 Å². The van der Waals surface area contributed by atoms with E-state index in [9.17, 15) is 14.4 Å². The lowest BCUT2D eigenvalue weighted by Crippen LogP contribution is -2.56. The van der Waals surface area contributed by atoms with Crippen molar-refractivity contribution in [2.45, 2.75) is 88.3 Å². The van der Waals surface area contributed by atoms with Gasteiger partial charge in [0, 0.05) is 23.5 Å². The monoisotopic (exact) mass is 545 g/mol. The Bertz CT molecular complexity index is 1080. The van der Waals surface area contributed by atoms with Crippen molar-refractivity contribution in [1.82, 2.24) is 5.32 Å². The predicted molar refractivity (Wildman–Crippen MR) is 144 cm³/mol. The highest BCUT2D eigenvalue weighted by atomic mass is 32.2. The van der Waals surface area contributed by atoms with E-state index in [-0.39, 0.29) is 35.1 Å². The molecule has 6 atom stereocenters. The number of carbonyl (C=O) groups is 3. The molecule has 208 valence electrons. The zero-order chi connectivity index (χ0) is 27.7. The molecule has 3 fully saturated rings. The van der Waals surface area contributed by atoms with Crippen molar-refractivity contribution in [3.05, 3.63) is 41.5 Å². The molecule has 2 aliphatic heterocycles. The fourth-order valence-electron chi connectivity index (χ4n) is 5.58. The van der Waals surface area contributed by atoms with E-state index in [1.54, 1.807) is 31.4 Å². The number of nitrogens with one attached hydrogen (secondary N) is 1. The first-order valence-electron chi connectivity index (χ1n) is 13.2. The van der Waals surface area contributed by atoms with Crippen LogP contribution in [0.5, 0.6) is 0 Å². The highest BCUT2D eigenvalue weighted by Crippen LogP contribution is 2.59. The van der Waals surface area contributed by atoms with Gasteiger partial charge in [-0.15, -0.1) is 11.8 Å². The van der Waals surface area contributed by atoms with Gasteiger partial charge in [-0.2, -0.15) is 0 Å². The fourth-order valence-corrected chi connectivity index (χ4v) is 6.28. The topological polar surface area (TPSA) is 107 Å². The van der Waals surface area contributed by atoms with E-state index in [2.05, 4.69) is 32.2 Å². The van der Waals surface area contributed by atoms with Gasteiger partial charge in [-0.1, -0.05) is 37.6 Å². The van der Waals surface area contributed by atoms with Crippen LogP contribution < -0.4 is 5.32 Å². The van der Waals surface area contributed by atoms with Gasteiger partial charge >= 0.3 is 6.09 Å². The molecule has 0 radical (unpaired) electrons. The molecule has 38 heavy (non-hydrogen) atoms. The second-order valence-electron chi connectivity index (χ2n) is 11.2.